The predicted molar refractivity (Wildman–Crippen MR) is 80.6 cm³/mol. The van der Waals surface area contributed by atoms with Crippen LogP contribution >= 0.6 is 0 Å². The topological polar surface area (TPSA) is 109 Å². The molecular weight excluding hydrogens is 268 g/mol. The molecular formula is C13H16N8. The second-order valence-electron chi connectivity index (χ2n) is 4.77. The van der Waals surface area contributed by atoms with Crippen LogP contribution in [0.2, 0.25) is 0 Å². The van der Waals surface area contributed by atoms with Gasteiger partial charge in [0.2, 0.25) is 5.95 Å². The molecule has 3 rings (SSSR count). The molecule has 108 valence electrons. The quantitative estimate of drug-likeness (QED) is 0.484. The maximum atomic E-state index is 5.41. The van der Waals surface area contributed by atoms with Crippen molar-refractivity contribution >= 4 is 22.8 Å². The van der Waals surface area contributed by atoms with Crippen LogP contribution in [-0.2, 0) is 6.54 Å². The smallest absolute Gasteiger partial charge is 0.241 e. The average Bonchev–Trinajstić information content (AvgIpc) is 2.94. The van der Waals surface area contributed by atoms with Gasteiger partial charge in [-0.1, -0.05) is 6.07 Å². The van der Waals surface area contributed by atoms with Crippen molar-refractivity contribution in [3.8, 4) is 0 Å². The standard InChI is InChI=1S/C13H16N8/c1-8-4-3-5-9(16-8)7-21(2)12-10-6-15-20-11(10)17-13(18-12)19-14/h3-6H,7,14H2,1-2H3,(H2,15,17,18,19,20). The van der Waals surface area contributed by atoms with Gasteiger partial charge in [-0.25, -0.2) is 5.84 Å². The van der Waals surface area contributed by atoms with E-state index in [4.69, 9.17) is 5.84 Å². The van der Waals surface area contributed by atoms with E-state index in [9.17, 15) is 0 Å². The van der Waals surface area contributed by atoms with Crippen LogP contribution in [0.3, 0.4) is 0 Å². The van der Waals surface area contributed by atoms with Crippen molar-refractivity contribution in [3.05, 3.63) is 35.8 Å². The minimum Gasteiger partial charge on any atom is -0.353 e. The molecule has 0 atom stereocenters. The maximum absolute atomic E-state index is 5.41. The van der Waals surface area contributed by atoms with E-state index in [2.05, 4.69) is 30.6 Å². The summed E-state index contributed by atoms with van der Waals surface area (Å²) >= 11 is 0. The molecule has 0 fully saturated rings. The Kier molecular flexibility index (Phi) is 3.36. The van der Waals surface area contributed by atoms with Crippen molar-refractivity contribution in [2.24, 2.45) is 5.84 Å². The van der Waals surface area contributed by atoms with E-state index in [0.29, 0.717) is 18.1 Å². The first-order valence-electron chi connectivity index (χ1n) is 6.49. The molecule has 3 aromatic rings. The molecule has 0 aliphatic rings. The van der Waals surface area contributed by atoms with Crippen molar-refractivity contribution in [1.29, 1.82) is 0 Å². The lowest BCUT2D eigenvalue weighted by Crippen LogP contribution is -2.20. The van der Waals surface area contributed by atoms with Gasteiger partial charge in [0.1, 0.15) is 5.82 Å². The van der Waals surface area contributed by atoms with Crippen LogP contribution in [0.5, 0.6) is 0 Å². The van der Waals surface area contributed by atoms with Gasteiger partial charge in [-0.15, -0.1) is 0 Å². The normalized spacial score (nSPS) is 10.8. The summed E-state index contributed by atoms with van der Waals surface area (Å²) in [5.74, 6) is 6.49. The highest BCUT2D eigenvalue weighted by atomic mass is 15.3. The number of nitrogen functional groups attached to an aromatic ring is 1. The molecule has 0 bridgehead atoms. The van der Waals surface area contributed by atoms with Gasteiger partial charge in [0.05, 0.1) is 23.8 Å². The number of hydrogen-bond acceptors (Lipinski definition) is 7. The van der Waals surface area contributed by atoms with Crippen LogP contribution in [0.25, 0.3) is 11.0 Å². The Bertz CT molecular complexity index is 766. The summed E-state index contributed by atoms with van der Waals surface area (Å²) in [5, 5.41) is 7.66. The van der Waals surface area contributed by atoms with Crippen LogP contribution in [0.1, 0.15) is 11.4 Å². The highest BCUT2D eigenvalue weighted by molar-refractivity contribution is 5.87. The molecule has 0 aromatic carbocycles. The molecule has 4 N–H and O–H groups in total. The summed E-state index contributed by atoms with van der Waals surface area (Å²) in [6.07, 6.45) is 1.70. The molecule has 0 unspecified atom stereocenters. The van der Waals surface area contributed by atoms with Crippen LogP contribution < -0.4 is 16.2 Å². The van der Waals surface area contributed by atoms with E-state index < -0.39 is 0 Å². The lowest BCUT2D eigenvalue weighted by molar-refractivity contribution is 0.861. The first kappa shape index (κ1) is 13.3. The number of aromatic nitrogens is 5. The zero-order valence-electron chi connectivity index (χ0n) is 11.8. The summed E-state index contributed by atoms with van der Waals surface area (Å²) in [6, 6.07) is 5.95. The van der Waals surface area contributed by atoms with Gasteiger partial charge in [0, 0.05) is 12.7 Å². The summed E-state index contributed by atoms with van der Waals surface area (Å²) < 4.78 is 0. The lowest BCUT2D eigenvalue weighted by Gasteiger charge is -2.19. The Labute approximate surface area is 121 Å². The third-order valence-electron chi connectivity index (χ3n) is 3.13. The van der Waals surface area contributed by atoms with Gasteiger partial charge in [-0.05, 0) is 19.1 Å². The van der Waals surface area contributed by atoms with Gasteiger partial charge in [-0.3, -0.25) is 15.5 Å². The fourth-order valence-electron chi connectivity index (χ4n) is 2.18. The molecule has 0 aliphatic carbocycles. The first-order chi connectivity index (χ1) is 10.2. The number of hydrogen-bond donors (Lipinski definition) is 3. The maximum Gasteiger partial charge on any atom is 0.241 e. The molecule has 0 aliphatic heterocycles. The van der Waals surface area contributed by atoms with Crippen molar-refractivity contribution in [3.63, 3.8) is 0 Å². The number of aryl methyl sites for hydroxylation is 1. The Morgan fingerprint density at radius 1 is 1.29 bits per heavy atom. The number of nitrogens with zero attached hydrogens (tertiary/aromatic N) is 5. The lowest BCUT2D eigenvalue weighted by atomic mass is 10.3. The van der Waals surface area contributed by atoms with Gasteiger partial charge in [0.15, 0.2) is 5.65 Å². The molecule has 0 saturated heterocycles. The molecule has 8 heteroatoms. The summed E-state index contributed by atoms with van der Waals surface area (Å²) in [7, 11) is 1.94. The van der Waals surface area contributed by atoms with Gasteiger partial charge in [-0.2, -0.15) is 15.1 Å². The first-order valence-corrected chi connectivity index (χ1v) is 6.49. The Balaban J connectivity index is 1.97. The van der Waals surface area contributed by atoms with Crippen molar-refractivity contribution in [2.45, 2.75) is 13.5 Å². The number of nitrogens with two attached hydrogens (primary N) is 1. The number of H-pyrrole nitrogens is 1. The number of fused-ring (bicyclic) bond motifs is 1. The Morgan fingerprint density at radius 3 is 2.90 bits per heavy atom. The third kappa shape index (κ3) is 2.61. The second kappa shape index (κ2) is 5.33. The van der Waals surface area contributed by atoms with Gasteiger partial charge < -0.3 is 4.90 Å². The molecule has 8 nitrogen and oxygen atoms in total. The molecule has 0 saturated carbocycles. The van der Waals surface area contributed by atoms with E-state index in [0.717, 1.165) is 22.6 Å². The number of hydrazine groups is 1. The summed E-state index contributed by atoms with van der Waals surface area (Å²) in [5.41, 5.74) is 5.06. The minimum atomic E-state index is 0.339. The van der Waals surface area contributed by atoms with Gasteiger partial charge >= 0.3 is 0 Å². The molecule has 0 amide bonds. The Morgan fingerprint density at radius 2 is 2.14 bits per heavy atom. The minimum absolute atomic E-state index is 0.339. The highest BCUT2D eigenvalue weighted by Gasteiger charge is 2.13. The van der Waals surface area contributed by atoms with Crippen LogP contribution in [-0.4, -0.2) is 32.2 Å². The number of nitrogens with one attached hydrogen (secondary N) is 2. The fraction of sp³-hybridized carbons (Fsp3) is 0.231. The average molecular weight is 284 g/mol. The van der Waals surface area contributed by atoms with E-state index in [1.165, 1.54) is 0 Å². The summed E-state index contributed by atoms with van der Waals surface area (Å²) in [4.78, 5) is 15.1. The van der Waals surface area contributed by atoms with E-state index >= 15 is 0 Å². The van der Waals surface area contributed by atoms with E-state index in [1.54, 1.807) is 6.20 Å². The van der Waals surface area contributed by atoms with Crippen LogP contribution in [0.15, 0.2) is 24.4 Å². The van der Waals surface area contributed by atoms with Crippen LogP contribution in [0, 0.1) is 6.92 Å². The zero-order valence-corrected chi connectivity index (χ0v) is 11.8. The highest BCUT2D eigenvalue weighted by Crippen LogP contribution is 2.23. The number of pyridine rings is 1. The van der Waals surface area contributed by atoms with Crippen molar-refractivity contribution < 1.29 is 0 Å². The van der Waals surface area contributed by atoms with E-state index in [1.807, 2.05) is 37.1 Å². The molecule has 0 radical (unpaired) electrons. The van der Waals surface area contributed by atoms with Crippen LogP contribution in [0.4, 0.5) is 11.8 Å². The molecule has 0 spiro atoms. The number of anilines is 2. The SMILES string of the molecule is Cc1cccc(CN(C)c2nc(NN)nc3[nH]ncc23)n1. The Hall–Kier alpha value is -2.74. The fourth-order valence-corrected chi connectivity index (χ4v) is 2.18. The zero-order chi connectivity index (χ0) is 14.8. The molecule has 3 aromatic heterocycles. The summed E-state index contributed by atoms with van der Waals surface area (Å²) in [6.45, 7) is 2.60. The van der Waals surface area contributed by atoms with Crippen molar-refractivity contribution in [2.75, 3.05) is 17.4 Å². The third-order valence-corrected chi connectivity index (χ3v) is 3.13. The van der Waals surface area contributed by atoms with Gasteiger partial charge in [0.25, 0.3) is 0 Å². The second-order valence-corrected chi connectivity index (χ2v) is 4.77. The monoisotopic (exact) mass is 284 g/mol. The molecule has 3 heterocycles. The molecule has 21 heavy (non-hydrogen) atoms. The number of rotatable bonds is 4. The largest absolute Gasteiger partial charge is 0.353 e. The van der Waals surface area contributed by atoms with Crippen molar-refractivity contribution in [1.82, 2.24) is 25.1 Å². The number of aromatic amines is 1. The van der Waals surface area contributed by atoms with E-state index in [-0.39, 0.29) is 0 Å². The predicted octanol–water partition coefficient (Wildman–Crippen LogP) is 0.978.